The third-order valence-corrected chi connectivity index (χ3v) is 3.86. The van der Waals surface area contributed by atoms with Crippen LogP contribution in [0.15, 0.2) is 36.4 Å². The monoisotopic (exact) mass is 348 g/mol. The molecule has 0 fully saturated rings. The lowest BCUT2D eigenvalue weighted by Crippen LogP contribution is -2.28. The number of rotatable bonds is 6. The van der Waals surface area contributed by atoms with Gasteiger partial charge in [0.1, 0.15) is 17.4 Å². The van der Waals surface area contributed by atoms with Gasteiger partial charge in [0.15, 0.2) is 0 Å². The maximum absolute atomic E-state index is 12.0. The molecular formula is C17H17ClN2O4. The van der Waals surface area contributed by atoms with Crippen LogP contribution in [0, 0.1) is 24.0 Å². The van der Waals surface area contributed by atoms with E-state index in [1.807, 2.05) is 32.0 Å². The second-order valence-electron chi connectivity index (χ2n) is 5.27. The SMILES string of the molecule is Cc1ccc(OCCNC(=O)c2ccc(Cl)c([N+](=O)[O-])c2)cc1C. The van der Waals surface area contributed by atoms with Crippen molar-refractivity contribution in [1.29, 1.82) is 0 Å². The van der Waals surface area contributed by atoms with Crippen LogP contribution >= 0.6 is 11.6 Å². The van der Waals surface area contributed by atoms with E-state index < -0.39 is 10.8 Å². The molecule has 0 spiro atoms. The Kier molecular flexibility index (Phi) is 5.76. The molecule has 0 saturated heterocycles. The molecule has 2 rings (SSSR count). The topological polar surface area (TPSA) is 81.5 Å². The number of nitro benzene ring substituents is 1. The van der Waals surface area contributed by atoms with Gasteiger partial charge in [-0.25, -0.2) is 0 Å². The second kappa shape index (κ2) is 7.79. The Morgan fingerprint density at radius 1 is 1.21 bits per heavy atom. The third kappa shape index (κ3) is 4.45. The van der Waals surface area contributed by atoms with Crippen LogP contribution in [0.5, 0.6) is 5.75 Å². The number of carbonyl (C=O) groups is 1. The van der Waals surface area contributed by atoms with Crippen molar-refractivity contribution in [1.82, 2.24) is 5.32 Å². The predicted octanol–water partition coefficient (Wildman–Crippen LogP) is 3.67. The van der Waals surface area contributed by atoms with E-state index in [4.69, 9.17) is 16.3 Å². The Morgan fingerprint density at radius 3 is 2.62 bits per heavy atom. The van der Waals surface area contributed by atoms with E-state index in [1.54, 1.807) is 0 Å². The van der Waals surface area contributed by atoms with Crippen LogP contribution < -0.4 is 10.1 Å². The molecule has 0 heterocycles. The Bertz CT molecular complexity index is 777. The number of nitrogens with zero attached hydrogens (tertiary/aromatic N) is 1. The number of halogens is 1. The first-order chi connectivity index (χ1) is 11.4. The molecule has 0 unspecified atom stereocenters. The number of aryl methyl sites for hydroxylation is 2. The first-order valence-electron chi connectivity index (χ1n) is 7.30. The van der Waals surface area contributed by atoms with E-state index in [0.29, 0.717) is 6.61 Å². The van der Waals surface area contributed by atoms with Crippen LogP contribution in [0.25, 0.3) is 0 Å². The van der Waals surface area contributed by atoms with Gasteiger partial charge in [-0.1, -0.05) is 17.7 Å². The third-order valence-electron chi connectivity index (χ3n) is 3.54. The molecule has 0 bridgehead atoms. The molecule has 126 valence electrons. The molecule has 1 N–H and O–H groups in total. The number of hydrogen-bond acceptors (Lipinski definition) is 4. The first-order valence-corrected chi connectivity index (χ1v) is 7.68. The maximum atomic E-state index is 12.0. The fourth-order valence-electron chi connectivity index (χ4n) is 2.03. The fraction of sp³-hybridized carbons (Fsp3) is 0.235. The van der Waals surface area contributed by atoms with Crippen LogP contribution in [0.2, 0.25) is 5.02 Å². The van der Waals surface area contributed by atoms with Crippen LogP contribution in [0.1, 0.15) is 21.5 Å². The highest BCUT2D eigenvalue weighted by molar-refractivity contribution is 6.32. The zero-order valence-electron chi connectivity index (χ0n) is 13.3. The molecule has 0 radical (unpaired) electrons. The summed E-state index contributed by atoms with van der Waals surface area (Å²) >= 11 is 5.72. The number of amides is 1. The highest BCUT2D eigenvalue weighted by Crippen LogP contribution is 2.25. The van der Waals surface area contributed by atoms with Gasteiger partial charge in [-0.15, -0.1) is 0 Å². The quantitative estimate of drug-likeness (QED) is 0.490. The summed E-state index contributed by atoms with van der Waals surface area (Å²) < 4.78 is 5.57. The van der Waals surface area contributed by atoms with Crippen LogP contribution in [0.3, 0.4) is 0 Å². The summed E-state index contributed by atoms with van der Waals surface area (Å²) in [5.74, 6) is 0.313. The molecule has 7 heteroatoms. The molecule has 1 amide bonds. The van der Waals surface area contributed by atoms with Crippen molar-refractivity contribution in [2.24, 2.45) is 0 Å². The van der Waals surface area contributed by atoms with Crippen LogP contribution in [-0.4, -0.2) is 24.0 Å². The zero-order chi connectivity index (χ0) is 17.7. The molecule has 0 atom stereocenters. The number of nitro groups is 1. The minimum Gasteiger partial charge on any atom is -0.492 e. The van der Waals surface area contributed by atoms with Crippen molar-refractivity contribution in [2.45, 2.75) is 13.8 Å². The van der Waals surface area contributed by atoms with Gasteiger partial charge in [-0.05, 0) is 49.2 Å². The fourth-order valence-corrected chi connectivity index (χ4v) is 2.22. The van der Waals surface area contributed by atoms with E-state index in [2.05, 4.69) is 5.32 Å². The summed E-state index contributed by atoms with van der Waals surface area (Å²) in [7, 11) is 0. The van der Waals surface area contributed by atoms with Crippen molar-refractivity contribution >= 4 is 23.2 Å². The number of ether oxygens (including phenoxy) is 1. The summed E-state index contributed by atoms with van der Waals surface area (Å²) in [6.07, 6.45) is 0. The van der Waals surface area contributed by atoms with Crippen molar-refractivity contribution in [3.63, 3.8) is 0 Å². The molecule has 0 saturated carbocycles. The van der Waals surface area contributed by atoms with Gasteiger partial charge in [-0.2, -0.15) is 0 Å². The van der Waals surface area contributed by atoms with Crippen molar-refractivity contribution in [2.75, 3.05) is 13.2 Å². The minimum absolute atomic E-state index is 0.00498. The highest BCUT2D eigenvalue weighted by atomic mass is 35.5. The summed E-state index contributed by atoms with van der Waals surface area (Å²) in [6, 6.07) is 9.69. The van der Waals surface area contributed by atoms with Gasteiger partial charge in [0, 0.05) is 11.6 Å². The highest BCUT2D eigenvalue weighted by Gasteiger charge is 2.16. The van der Waals surface area contributed by atoms with Gasteiger partial charge in [0.05, 0.1) is 11.5 Å². The normalized spacial score (nSPS) is 10.3. The van der Waals surface area contributed by atoms with Gasteiger partial charge in [0.25, 0.3) is 11.6 Å². The molecule has 0 aliphatic carbocycles. The second-order valence-corrected chi connectivity index (χ2v) is 5.68. The predicted molar refractivity (Wildman–Crippen MR) is 91.9 cm³/mol. The lowest BCUT2D eigenvalue weighted by Gasteiger charge is -2.09. The Labute approximate surface area is 144 Å². The number of nitrogens with one attached hydrogen (secondary N) is 1. The first kappa shape index (κ1) is 17.7. The molecule has 0 aliphatic heterocycles. The molecule has 2 aromatic rings. The molecule has 2 aromatic carbocycles. The molecule has 6 nitrogen and oxygen atoms in total. The Balaban J connectivity index is 1.88. The average Bonchev–Trinajstić information content (AvgIpc) is 2.54. The standard InChI is InChI=1S/C17H17ClN2O4/c1-11-3-5-14(9-12(11)2)24-8-7-19-17(21)13-4-6-15(18)16(10-13)20(22)23/h3-6,9-10H,7-8H2,1-2H3,(H,19,21). The van der Waals surface area contributed by atoms with E-state index >= 15 is 0 Å². The Hall–Kier alpha value is -2.60. The van der Waals surface area contributed by atoms with Crippen LogP contribution in [0.4, 0.5) is 5.69 Å². The Morgan fingerprint density at radius 2 is 1.96 bits per heavy atom. The van der Waals surface area contributed by atoms with E-state index in [-0.39, 0.29) is 22.8 Å². The lowest BCUT2D eigenvalue weighted by molar-refractivity contribution is -0.384. The van der Waals surface area contributed by atoms with E-state index in [9.17, 15) is 14.9 Å². The smallest absolute Gasteiger partial charge is 0.288 e. The summed E-state index contributed by atoms with van der Waals surface area (Å²) in [4.78, 5) is 22.2. The van der Waals surface area contributed by atoms with Crippen molar-refractivity contribution in [3.05, 3.63) is 68.2 Å². The largest absolute Gasteiger partial charge is 0.492 e. The molecule has 24 heavy (non-hydrogen) atoms. The summed E-state index contributed by atoms with van der Waals surface area (Å²) in [5.41, 5.74) is 2.19. The maximum Gasteiger partial charge on any atom is 0.288 e. The van der Waals surface area contributed by atoms with Gasteiger partial charge >= 0.3 is 0 Å². The van der Waals surface area contributed by atoms with Gasteiger partial charge < -0.3 is 10.1 Å². The molecule has 0 aromatic heterocycles. The zero-order valence-corrected chi connectivity index (χ0v) is 14.1. The minimum atomic E-state index is -0.623. The summed E-state index contributed by atoms with van der Waals surface area (Å²) in [6.45, 7) is 4.59. The van der Waals surface area contributed by atoms with Crippen LogP contribution in [-0.2, 0) is 0 Å². The van der Waals surface area contributed by atoms with E-state index in [1.165, 1.54) is 17.7 Å². The van der Waals surface area contributed by atoms with Crippen molar-refractivity contribution < 1.29 is 14.5 Å². The number of carbonyl (C=O) groups excluding carboxylic acids is 1. The van der Waals surface area contributed by atoms with Gasteiger partial charge in [0.2, 0.25) is 0 Å². The lowest BCUT2D eigenvalue weighted by atomic mass is 10.1. The van der Waals surface area contributed by atoms with E-state index in [0.717, 1.165) is 17.4 Å². The number of benzene rings is 2. The van der Waals surface area contributed by atoms with Crippen molar-refractivity contribution in [3.8, 4) is 5.75 Å². The number of hydrogen-bond donors (Lipinski definition) is 1. The molecular weight excluding hydrogens is 332 g/mol. The summed E-state index contributed by atoms with van der Waals surface area (Å²) in [5, 5.41) is 13.5. The van der Waals surface area contributed by atoms with Gasteiger partial charge in [-0.3, -0.25) is 14.9 Å². The molecule has 0 aliphatic rings. The average molecular weight is 349 g/mol.